The predicted molar refractivity (Wildman–Crippen MR) is 164 cm³/mol. The predicted octanol–water partition coefficient (Wildman–Crippen LogP) is 3.49. The number of hydrogen-bond donors (Lipinski definition) is 3. The number of carbonyl (C=O) groups excluding carboxylic acids is 3. The molecule has 13 nitrogen and oxygen atoms in total. The van der Waals surface area contributed by atoms with Crippen LogP contribution in [0.3, 0.4) is 0 Å². The van der Waals surface area contributed by atoms with Crippen LogP contribution < -0.4 is 26.1 Å². The Bertz CT molecular complexity index is 1500. The molecule has 3 rings (SSSR count). The van der Waals surface area contributed by atoms with Crippen molar-refractivity contribution in [2.75, 3.05) is 25.1 Å². The Morgan fingerprint density at radius 1 is 1.16 bits per heavy atom. The molecule has 2 heterocycles. The number of aromatic nitrogens is 4. The quantitative estimate of drug-likeness (QED) is 0.203. The number of likely N-dealkylation sites (N-methyl/N-ethyl adjacent to an activating group) is 1. The van der Waals surface area contributed by atoms with E-state index in [1.165, 1.54) is 4.90 Å². The lowest BCUT2D eigenvalue weighted by atomic mass is 10.1. The van der Waals surface area contributed by atoms with Crippen molar-refractivity contribution >= 4 is 52.1 Å². The lowest BCUT2D eigenvalue weighted by Crippen LogP contribution is -2.43. The molecule has 0 saturated heterocycles. The largest absolute Gasteiger partial charge is 0.493 e. The Kier molecular flexibility index (Phi) is 10.8. The van der Waals surface area contributed by atoms with Crippen molar-refractivity contribution in [3.63, 3.8) is 0 Å². The maximum Gasteiger partial charge on any atom is 0.410 e. The van der Waals surface area contributed by atoms with E-state index in [0.29, 0.717) is 31.9 Å². The minimum atomic E-state index is -0.637. The van der Waals surface area contributed by atoms with Crippen molar-refractivity contribution in [2.24, 2.45) is 0 Å². The fraction of sp³-hybridized carbons (Fsp3) is 0.517. The molecule has 3 aromatic rings. The van der Waals surface area contributed by atoms with E-state index in [1.807, 2.05) is 32.0 Å². The van der Waals surface area contributed by atoms with Gasteiger partial charge < -0.3 is 31.2 Å². The van der Waals surface area contributed by atoms with Crippen molar-refractivity contribution in [3.05, 3.63) is 34.9 Å². The molecule has 1 atom stereocenters. The SMILES string of the molecule is CCn1c(CNC(=O)c2nc(Cl)c(N)nc2N)[n+](CC)c2ccc(OCCCC(=O)[C@H](C)N(C)C(=O)OC(C)(C)C)cc21. The normalized spacial score (nSPS) is 12.2. The van der Waals surface area contributed by atoms with Crippen LogP contribution in [0.5, 0.6) is 5.75 Å². The molecule has 14 heteroatoms. The van der Waals surface area contributed by atoms with Crippen LogP contribution in [0.2, 0.25) is 5.15 Å². The molecule has 0 fully saturated rings. The van der Waals surface area contributed by atoms with Gasteiger partial charge in [0.25, 0.3) is 11.7 Å². The van der Waals surface area contributed by atoms with Gasteiger partial charge in [0.1, 0.15) is 17.9 Å². The van der Waals surface area contributed by atoms with Crippen molar-refractivity contribution < 1.29 is 28.4 Å². The smallest absolute Gasteiger partial charge is 0.410 e. The van der Waals surface area contributed by atoms with Crippen LogP contribution in [-0.2, 0) is 29.2 Å². The number of anilines is 2. The standard InChI is InChI=1S/C29H41ClN8O5/c1-8-37-19-13-12-18(42-14-10-11-21(39)17(3)36(7)28(41)43-29(4,5)6)15-20(19)38(9-2)22(37)16-33-27(40)23-25(31)35-26(32)24(30)34-23/h12-13,15,17H,8-11,14,16H2,1-7H3,(H4-,31,32,33,35,40)/p+1/t17-/m0/s1. The summed E-state index contributed by atoms with van der Waals surface area (Å²) in [6, 6.07) is 5.19. The number of amides is 2. The van der Waals surface area contributed by atoms with Crippen LogP contribution in [0.1, 0.15) is 70.7 Å². The molecule has 43 heavy (non-hydrogen) atoms. The van der Waals surface area contributed by atoms with Crippen molar-refractivity contribution in [2.45, 2.75) is 85.7 Å². The fourth-order valence-electron chi connectivity index (χ4n) is 4.56. The molecule has 234 valence electrons. The number of carbonyl (C=O) groups is 3. The number of hydrogen-bond acceptors (Lipinski definition) is 9. The molecule has 1 aromatic carbocycles. The number of fused-ring (bicyclic) bond motifs is 1. The second-order valence-electron chi connectivity index (χ2n) is 11.1. The van der Waals surface area contributed by atoms with Gasteiger partial charge in [0, 0.05) is 19.5 Å². The van der Waals surface area contributed by atoms with Gasteiger partial charge in [-0.15, -0.1) is 0 Å². The van der Waals surface area contributed by atoms with E-state index in [9.17, 15) is 14.4 Å². The topological polar surface area (TPSA) is 172 Å². The monoisotopic (exact) mass is 617 g/mol. The number of nitrogens with zero attached hydrogens (tertiary/aromatic N) is 5. The second kappa shape index (κ2) is 13.9. The van der Waals surface area contributed by atoms with Crippen LogP contribution in [0.4, 0.5) is 16.4 Å². The summed E-state index contributed by atoms with van der Waals surface area (Å²) in [7, 11) is 1.56. The Labute approximate surface area is 256 Å². The van der Waals surface area contributed by atoms with Crippen molar-refractivity contribution in [1.29, 1.82) is 0 Å². The summed E-state index contributed by atoms with van der Waals surface area (Å²) < 4.78 is 15.5. The first-order valence-corrected chi connectivity index (χ1v) is 14.6. The number of nitrogen functional groups attached to an aromatic ring is 2. The minimum Gasteiger partial charge on any atom is -0.493 e. The highest BCUT2D eigenvalue weighted by Gasteiger charge is 2.27. The number of benzene rings is 1. The first kappa shape index (κ1) is 33.4. The van der Waals surface area contributed by atoms with Gasteiger partial charge in [-0.2, -0.15) is 0 Å². The molecule has 0 unspecified atom stereocenters. The molecule has 0 saturated carbocycles. The van der Waals surface area contributed by atoms with Gasteiger partial charge in [0.05, 0.1) is 25.7 Å². The minimum absolute atomic E-state index is 0.0457. The maximum absolute atomic E-state index is 12.9. The molecule has 0 spiro atoms. The Balaban J connectivity index is 1.66. The Morgan fingerprint density at radius 3 is 2.49 bits per heavy atom. The number of Topliss-reactive ketones (excluding diaryl/α,β-unsaturated/α-hetero) is 1. The molecule has 0 aliphatic rings. The molecular formula is C29H42ClN8O5+. The molecular weight excluding hydrogens is 576 g/mol. The number of nitrogens with one attached hydrogen (secondary N) is 1. The molecule has 0 aliphatic heterocycles. The van der Waals surface area contributed by atoms with Gasteiger partial charge in [-0.25, -0.2) is 23.9 Å². The number of imidazole rings is 1. The van der Waals surface area contributed by atoms with Gasteiger partial charge in [-0.3, -0.25) is 9.59 Å². The number of halogens is 1. The van der Waals surface area contributed by atoms with Crippen LogP contribution in [-0.4, -0.2) is 62.5 Å². The van der Waals surface area contributed by atoms with E-state index >= 15 is 0 Å². The highest BCUT2D eigenvalue weighted by Crippen LogP contribution is 2.23. The van der Waals surface area contributed by atoms with Crippen molar-refractivity contribution in [3.8, 4) is 5.75 Å². The highest BCUT2D eigenvalue weighted by molar-refractivity contribution is 6.31. The molecule has 0 radical (unpaired) electrons. The molecule has 0 bridgehead atoms. The molecule has 2 aromatic heterocycles. The van der Waals surface area contributed by atoms with E-state index in [0.717, 1.165) is 16.9 Å². The van der Waals surface area contributed by atoms with Crippen molar-refractivity contribution in [1.82, 2.24) is 24.8 Å². The van der Waals surface area contributed by atoms with E-state index in [2.05, 4.69) is 24.4 Å². The van der Waals surface area contributed by atoms with Gasteiger partial charge in [0.15, 0.2) is 39.3 Å². The maximum atomic E-state index is 12.9. The molecule has 5 N–H and O–H groups in total. The third-order valence-electron chi connectivity index (χ3n) is 6.88. The first-order chi connectivity index (χ1) is 20.2. The van der Waals surface area contributed by atoms with Crippen LogP contribution in [0.15, 0.2) is 18.2 Å². The second-order valence-corrected chi connectivity index (χ2v) is 11.4. The van der Waals surface area contributed by atoms with Crippen LogP contribution in [0, 0.1) is 0 Å². The summed E-state index contributed by atoms with van der Waals surface area (Å²) in [6.07, 6.45) is 0.217. The van der Waals surface area contributed by atoms with E-state index in [1.54, 1.807) is 34.7 Å². The average Bonchev–Trinajstić information content (AvgIpc) is 3.25. The van der Waals surface area contributed by atoms with Crippen LogP contribution >= 0.6 is 11.6 Å². The number of rotatable bonds is 12. The Morgan fingerprint density at radius 2 is 1.86 bits per heavy atom. The highest BCUT2D eigenvalue weighted by atomic mass is 35.5. The van der Waals surface area contributed by atoms with E-state index < -0.39 is 23.6 Å². The fourth-order valence-corrected chi connectivity index (χ4v) is 4.69. The lowest BCUT2D eigenvalue weighted by Gasteiger charge is -2.28. The third kappa shape index (κ3) is 8.04. The van der Waals surface area contributed by atoms with Gasteiger partial charge in [-0.05, 0) is 60.1 Å². The van der Waals surface area contributed by atoms with Crippen LogP contribution in [0.25, 0.3) is 11.0 Å². The molecule has 0 aliphatic carbocycles. The van der Waals surface area contributed by atoms with Gasteiger partial charge >= 0.3 is 6.09 Å². The Hall–Kier alpha value is -4.13. The lowest BCUT2D eigenvalue weighted by molar-refractivity contribution is -0.676. The third-order valence-corrected chi connectivity index (χ3v) is 7.15. The summed E-state index contributed by atoms with van der Waals surface area (Å²) in [5, 5.41) is 2.76. The molecule has 2 amide bonds. The van der Waals surface area contributed by atoms with Gasteiger partial charge in [-0.1, -0.05) is 11.6 Å². The number of ether oxygens (including phenoxy) is 2. The number of aryl methyl sites for hydroxylation is 2. The number of ketones is 1. The first-order valence-electron chi connectivity index (χ1n) is 14.2. The number of nitrogens with two attached hydrogens (primary N) is 2. The summed E-state index contributed by atoms with van der Waals surface area (Å²) in [5.41, 5.74) is 12.6. The van der Waals surface area contributed by atoms with Gasteiger partial charge in [0.2, 0.25) is 0 Å². The summed E-state index contributed by atoms with van der Waals surface area (Å²) in [6.45, 7) is 12.9. The summed E-state index contributed by atoms with van der Waals surface area (Å²) in [4.78, 5) is 47.0. The zero-order valence-electron chi connectivity index (χ0n) is 25.9. The summed E-state index contributed by atoms with van der Waals surface area (Å²) >= 11 is 5.94. The zero-order valence-corrected chi connectivity index (χ0v) is 26.6. The average molecular weight is 618 g/mol. The van der Waals surface area contributed by atoms with E-state index in [4.69, 9.17) is 32.5 Å². The van der Waals surface area contributed by atoms with E-state index in [-0.39, 0.29) is 41.2 Å². The zero-order chi connectivity index (χ0) is 32.1. The summed E-state index contributed by atoms with van der Waals surface area (Å²) in [5.74, 6) is 0.781.